The maximum atomic E-state index is 12.0. The molecule has 2 aromatic carbocycles. The topological polar surface area (TPSA) is 75.3 Å². The zero-order chi connectivity index (χ0) is 17.8. The molecular weight excluding hydrogens is 340 g/mol. The summed E-state index contributed by atoms with van der Waals surface area (Å²) >= 11 is 5.89. The number of aromatic nitrogens is 1. The van der Waals surface area contributed by atoms with Crippen molar-refractivity contribution in [2.75, 3.05) is 17.9 Å². The lowest BCUT2D eigenvalue weighted by molar-refractivity contribution is 0.254. The first-order valence-electron chi connectivity index (χ1n) is 7.59. The van der Waals surface area contributed by atoms with Gasteiger partial charge in [-0.1, -0.05) is 17.7 Å². The molecule has 0 fully saturated rings. The Morgan fingerprint density at radius 2 is 2.00 bits per heavy atom. The third kappa shape index (κ3) is 4.10. The molecule has 0 aliphatic heterocycles. The molecule has 1 aromatic heterocycles. The Morgan fingerprint density at radius 1 is 1.16 bits per heavy atom. The van der Waals surface area contributed by atoms with Crippen LogP contribution in [0.25, 0.3) is 10.9 Å². The highest BCUT2D eigenvalue weighted by Crippen LogP contribution is 2.24. The highest BCUT2D eigenvalue weighted by atomic mass is 35.5. The van der Waals surface area contributed by atoms with Crippen LogP contribution in [0, 0.1) is 6.92 Å². The Kier molecular flexibility index (Phi) is 4.90. The van der Waals surface area contributed by atoms with Gasteiger partial charge >= 0.3 is 6.03 Å². The van der Waals surface area contributed by atoms with Crippen LogP contribution in [0.15, 0.2) is 48.5 Å². The maximum Gasteiger partial charge on any atom is 0.337 e. The van der Waals surface area contributed by atoms with E-state index in [4.69, 9.17) is 16.3 Å². The second kappa shape index (κ2) is 7.27. The molecule has 0 unspecified atom stereocenters. The molecule has 0 spiro atoms. The summed E-state index contributed by atoms with van der Waals surface area (Å²) in [5.41, 5.74) is 7.78. The van der Waals surface area contributed by atoms with Crippen LogP contribution >= 0.6 is 11.6 Å². The van der Waals surface area contributed by atoms with E-state index in [2.05, 4.69) is 21.2 Å². The first-order valence-corrected chi connectivity index (χ1v) is 7.97. The summed E-state index contributed by atoms with van der Waals surface area (Å²) in [5.74, 6) is 1.31. The Balaban J connectivity index is 1.69. The fourth-order valence-electron chi connectivity index (χ4n) is 2.41. The SMILES string of the molecule is COc1ccc2nc(NNC(=O)Nc3cccc(Cl)c3)cc(C)c2c1. The van der Waals surface area contributed by atoms with Crippen molar-refractivity contribution in [3.8, 4) is 5.75 Å². The first kappa shape index (κ1) is 16.9. The number of nitrogens with one attached hydrogen (secondary N) is 3. The number of rotatable bonds is 4. The van der Waals surface area contributed by atoms with Crippen LogP contribution in [0.1, 0.15) is 5.56 Å². The van der Waals surface area contributed by atoms with Crippen molar-refractivity contribution in [2.24, 2.45) is 0 Å². The normalized spacial score (nSPS) is 10.4. The van der Waals surface area contributed by atoms with Crippen molar-refractivity contribution in [1.82, 2.24) is 10.4 Å². The highest BCUT2D eigenvalue weighted by Gasteiger charge is 2.06. The van der Waals surface area contributed by atoms with E-state index in [1.54, 1.807) is 31.4 Å². The third-order valence-corrected chi connectivity index (χ3v) is 3.84. The van der Waals surface area contributed by atoms with Gasteiger partial charge in [-0.15, -0.1) is 0 Å². The molecule has 7 heteroatoms. The lowest BCUT2D eigenvalue weighted by Crippen LogP contribution is -2.33. The largest absolute Gasteiger partial charge is 0.497 e. The monoisotopic (exact) mass is 356 g/mol. The molecule has 0 radical (unpaired) electrons. The van der Waals surface area contributed by atoms with Gasteiger partial charge in [0.05, 0.1) is 12.6 Å². The summed E-state index contributed by atoms with van der Waals surface area (Å²) < 4.78 is 5.23. The van der Waals surface area contributed by atoms with Crippen molar-refractivity contribution in [3.63, 3.8) is 0 Å². The number of urea groups is 1. The van der Waals surface area contributed by atoms with Gasteiger partial charge in [0.15, 0.2) is 0 Å². The number of hydrogen-bond donors (Lipinski definition) is 3. The molecule has 0 atom stereocenters. The van der Waals surface area contributed by atoms with Gasteiger partial charge in [-0.3, -0.25) is 10.9 Å². The molecule has 0 aliphatic rings. The van der Waals surface area contributed by atoms with Gasteiger partial charge in [0.25, 0.3) is 0 Å². The van der Waals surface area contributed by atoms with Gasteiger partial charge in [-0.2, -0.15) is 0 Å². The van der Waals surface area contributed by atoms with Crippen molar-refractivity contribution < 1.29 is 9.53 Å². The molecule has 0 saturated carbocycles. The van der Waals surface area contributed by atoms with E-state index < -0.39 is 6.03 Å². The fraction of sp³-hybridized carbons (Fsp3) is 0.111. The summed E-state index contributed by atoms with van der Waals surface area (Å²) in [6.07, 6.45) is 0. The Bertz CT molecular complexity index is 930. The molecule has 3 aromatic rings. The van der Waals surface area contributed by atoms with Crippen LogP contribution in [0.4, 0.5) is 16.3 Å². The van der Waals surface area contributed by atoms with E-state index in [9.17, 15) is 4.79 Å². The van der Waals surface area contributed by atoms with E-state index in [0.717, 1.165) is 22.2 Å². The third-order valence-electron chi connectivity index (χ3n) is 3.61. The number of ether oxygens (including phenoxy) is 1. The van der Waals surface area contributed by atoms with E-state index >= 15 is 0 Å². The second-order valence-corrected chi connectivity index (χ2v) is 5.86. The highest BCUT2D eigenvalue weighted by molar-refractivity contribution is 6.30. The number of hydrogen-bond acceptors (Lipinski definition) is 4. The van der Waals surface area contributed by atoms with Gasteiger partial charge in [-0.05, 0) is 55.0 Å². The van der Waals surface area contributed by atoms with Crippen molar-refractivity contribution in [1.29, 1.82) is 0 Å². The zero-order valence-corrected chi connectivity index (χ0v) is 14.5. The number of carbonyl (C=O) groups is 1. The van der Waals surface area contributed by atoms with Gasteiger partial charge < -0.3 is 10.1 Å². The predicted octanol–water partition coefficient (Wildman–Crippen LogP) is 4.35. The Hall–Kier alpha value is -2.99. The van der Waals surface area contributed by atoms with Gasteiger partial charge in [0.1, 0.15) is 11.6 Å². The Labute approximate surface area is 150 Å². The van der Waals surface area contributed by atoms with Crippen LogP contribution in [0.5, 0.6) is 5.75 Å². The average Bonchev–Trinajstić information content (AvgIpc) is 2.60. The number of nitrogens with zero attached hydrogens (tertiary/aromatic N) is 1. The maximum absolute atomic E-state index is 12.0. The quantitative estimate of drug-likeness (QED) is 0.607. The molecule has 1 heterocycles. The molecule has 128 valence electrons. The molecule has 0 bridgehead atoms. The minimum absolute atomic E-state index is 0.420. The van der Waals surface area contributed by atoms with Crippen molar-refractivity contribution in [2.45, 2.75) is 6.92 Å². The smallest absolute Gasteiger partial charge is 0.337 e. The minimum Gasteiger partial charge on any atom is -0.497 e. The molecular formula is C18H17ClN4O2. The number of halogens is 1. The van der Waals surface area contributed by atoms with Crippen LogP contribution in [0.2, 0.25) is 5.02 Å². The van der Waals surface area contributed by atoms with Gasteiger partial charge in [-0.25, -0.2) is 9.78 Å². The number of methoxy groups -OCH3 is 1. The number of fused-ring (bicyclic) bond motifs is 1. The van der Waals surface area contributed by atoms with E-state index in [1.807, 2.05) is 31.2 Å². The second-order valence-electron chi connectivity index (χ2n) is 5.42. The van der Waals surface area contributed by atoms with E-state index in [1.165, 1.54) is 0 Å². The number of benzene rings is 2. The number of amides is 2. The van der Waals surface area contributed by atoms with Crippen LogP contribution < -0.4 is 20.9 Å². The van der Waals surface area contributed by atoms with Crippen LogP contribution in [0.3, 0.4) is 0 Å². The number of carbonyl (C=O) groups excluding carboxylic acids is 1. The predicted molar refractivity (Wildman–Crippen MR) is 100 cm³/mol. The zero-order valence-electron chi connectivity index (χ0n) is 13.8. The Morgan fingerprint density at radius 3 is 2.76 bits per heavy atom. The summed E-state index contributed by atoms with van der Waals surface area (Å²) in [6.45, 7) is 1.97. The summed E-state index contributed by atoms with van der Waals surface area (Å²) in [7, 11) is 1.63. The lowest BCUT2D eigenvalue weighted by atomic mass is 10.1. The van der Waals surface area contributed by atoms with E-state index in [-0.39, 0.29) is 0 Å². The molecule has 3 rings (SSSR count). The summed E-state index contributed by atoms with van der Waals surface area (Å²) in [5, 5.41) is 4.22. The molecule has 0 saturated heterocycles. The fourth-order valence-corrected chi connectivity index (χ4v) is 2.60. The number of anilines is 2. The molecule has 0 aliphatic carbocycles. The van der Waals surface area contributed by atoms with Crippen LogP contribution in [-0.4, -0.2) is 18.1 Å². The first-order chi connectivity index (χ1) is 12.0. The van der Waals surface area contributed by atoms with E-state index in [0.29, 0.717) is 16.5 Å². The molecule has 6 nitrogen and oxygen atoms in total. The van der Waals surface area contributed by atoms with Crippen LogP contribution in [-0.2, 0) is 0 Å². The molecule has 25 heavy (non-hydrogen) atoms. The molecule has 2 amide bonds. The number of hydrazine groups is 1. The van der Waals surface area contributed by atoms with Gasteiger partial charge in [0.2, 0.25) is 0 Å². The average molecular weight is 357 g/mol. The van der Waals surface area contributed by atoms with Crippen molar-refractivity contribution >= 4 is 40.0 Å². The lowest BCUT2D eigenvalue weighted by Gasteiger charge is -2.12. The summed E-state index contributed by atoms with van der Waals surface area (Å²) in [6, 6.07) is 14.0. The van der Waals surface area contributed by atoms with Crippen molar-refractivity contribution in [3.05, 3.63) is 59.1 Å². The summed E-state index contributed by atoms with van der Waals surface area (Å²) in [4.78, 5) is 16.4. The number of pyridine rings is 1. The number of aryl methyl sites for hydroxylation is 1. The molecule has 3 N–H and O–H groups in total. The minimum atomic E-state index is -0.420. The van der Waals surface area contributed by atoms with Gasteiger partial charge in [0, 0.05) is 16.1 Å². The standard InChI is InChI=1S/C18H17ClN4O2/c1-11-8-17(21-16-7-6-14(25-2)10-15(11)16)22-23-18(24)20-13-5-3-4-12(19)9-13/h3-10H,1-2H3,(H,21,22)(H2,20,23,24).